The van der Waals surface area contributed by atoms with E-state index in [1.54, 1.807) is 0 Å². The molecule has 0 aliphatic carbocycles. The summed E-state index contributed by atoms with van der Waals surface area (Å²) < 4.78 is 17.6. The molecular formula is C46H90N2O4. The van der Waals surface area contributed by atoms with E-state index in [9.17, 15) is 4.79 Å². The largest absolute Gasteiger partial charge is 0.448 e. The SMILES string of the molecule is CCCCCCCC/C=C\CCCCCCCCOCC(CNC(=O)OCCN(CC)CC)OCCCCCCCC/C=C\CCCCCCCC. The highest BCUT2D eigenvalue weighted by molar-refractivity contribution is 5.67. The maximum Gasteiger partial charge on any atom is 0.407 e. The topological polar surface area (TPSA) is 60.0 Å². The molecule has 0 aliphatic heterocycles. The van der Waals surface area contributed by atoms with Gasteiger partial charge in [-0.3, -0.25) is 0 Å². The highest BCUT2D eigenvalue weighted by atomic mass is 16.6. The summed E-state index contributed by atoms with van der Waals surface area (Å²) in [4.78, 5) is 14.6. The Bertz CT molecular complexity index is 755. The predicted molar refractivity (Wildman–Crippen MR) is 227 cm³/mol. The molecule has 1 amide bonds. The number of hydrogen-bond acceptors (Lipinski definition) is 5. The monoisotopic (exact) mass is 735 g/mol. The van der Waals surface area contributed by atoms with Crippen LogP contribution in [0.4, 0.5) is 4.79 Å². The minimum Gasteiger partial charge on any atom is -0.448 e. The number of carbonyl (C=O) groups excluding carboxylic acids is 1. The zero-order valence-corrected chi connectivity index (χ0v) is 35.4. The van der Waals surface area contributed by atoms with Crippen molar-refractivity contribution in [2.45, 2.75) is 214 Å². The Morgan fingerprint density at radius 2 is 0.923 bits per heavy atom. The molecule has 308 valence electrons. The zero-order chi connectivity index (χ0) is 37.8. The van der Waals surface area contributed by atoms with Gasteiger partial charge in [-0.2, -0.15) is 0 Å². The van der Waals surface area contributed by atoms with Crippen LogP contribution in [-0.4, -0.2) is 69.7 Å². The summed E-state index contributed by atoms with van der Waals surface area (Å²) in [7, 11) is 0. The van der Waals surface area contributed by atoms with Crippen LogP contribution in [0.25, 0.3) is 0 Å². The molecule has 0 bridgehead atoms. The van der Waals surface area contributed by atoms with Crippen molar-refractivity contribution in [2.75, 3.05) is 52.6 Å². The highest BCUT2D eigenvalue weighted by Crippen LogP contribution is 2.12. The molecule has 52 heavy (non-hydrogen) atoms. The fraction of sp³-hybridized carbons (Fsp3) is 0.891. The summed E-state index contributed by atoms with van der Waals surface area (Å²) in [5, 5.41) is 2.91. The van der Waals surface area contributed by atoms with E-state index < -0.39 is 0 Å². The first-order chi connectivity index (χ1) is 25.7. The van der Waals surface area contributed by atoms with E-state index in [-0.39, 0.29) is 12.2 Å². The van der Waals surface area contributed by atoms with E-state index in [2.05, 4.69) is 62.2 Å². The smallest absolute Gasteiger partial charge is 0.407 e. The molecule has 0 saturated carbocycles. The zero-order valence-electron chi connectivity index (χ0n) is 35.4. The van der Waals surface area contributed by atoms with Crippen LogP contribution < -0.4 is 5.32 Å². The van der Waals surface area contributed by atoms with Gasteiger partial charge in [-0.05, 0) is 77.3 Å². The Balaban J connectivity index is 4.05. The molecule has 0 fully saturated rings. The minimum atomic E-state index is -0.369. The standard InChI is InChI=1S/C46H90N2O4/c1-5-9-11-13-15-17-19-21-23-25-27-29-31-33-35-37-40-50-44-45(43-47-46(49)52-42-39-48(7-3)8-4)51-41-38-36-34-32-30-28-26-24-22-20-18-16-14-12-10-6-2/h21-24,45H,5-20,25-44H2,1-4H3,(H,47,49)/b23-21-,24-22-. The maximum absolute atomic E-state index is 12.3. The van der Waals surface area contributed by atoms with Crippen molar-refractivity contribution < 1.29 is 19.0 Å². The Morgan fingerprint density at radius 3 is 1.37 bits per heavy atom. The molecular weight excluding hydrogens is 645 g/mol. The number of likely N-dealkylation sites (N-methyl/N-ethyl adjacent to an activating group) is 1. The van der Waals surface area contributed by atoms with Gasteiger partial charge in [-0.15, -0.1) is 0 Å². The maximum atomic E-state index is 12.3. The van der Waals surface area contributed by atoms with Gasteiger partial charge < -0.3 is 24.4 Å². The number of allylic oxidation sites excluding steroid dienone is 4. The Morgan fingerprint density at radius 1 is 0.519 bits per heavy atom. The molecule has 1 unspecified atom stereocenters. The van der Waals surface area contributed by atoms with Crippen LogP contribution in [0.3, 0.4) is 0 Å². The third-order valence-corrected chi connectivity index (χ3v) is 10.1. The van der Waals surface area contributed by atoms with Crippen molar-refractivity contribution in [1.29, 1.82) is 0 Å². The number of nitrogens with one attached hydrogen (secondary N) is 1. The van der Waals surface area contributed by atoms with E-state index in [0.29, 0.717) is 26.4 Å². The minimum absolute atomic E-state index is 0.146. The van der Waals surface area contributed by atoms with Crippen molar-refractivity contribution in [1.82, 2.24) is 10.2 Å². The molecule has 0 aromatic carbocycles. The lowest BCUT2D eigenvalue weighted by atomic mass is 10.1. The molecule has 0 radical (unpaired) electrons. The van der Waals surface area contributed by atoms with Gasteiger partial charge in [0.25, 0.3) is 0 Å². The summed E-state index contributed by atoms with van der Waals surface area (Å²) in [6, 6.07) is 0. The van der Waals surface area contributed by atoms with Gasteiger partial charge >= 0.3 is 6.09 Å². The lowest BCUT2D eigenvalue weighted by Gasteiger charge is -2.20. The van der Waals surface area contributed by atoms with Gasteiger partial charge in [0.15, 0.2) is 0 Å². The van der Waals surface area contributed by atoms with E-state index >= 15 is 0 Å². The van der Waals surface area contributed by atoms with Crippen LogP contribution in [-0.2, 0) is 14.2 Å². The fourth-order valence-corrected chi connectivity index (χ4v) is 6.49. The van der Waals surface area contributed by atoms with Crippen LogP contribution >= 0.6 is 0 Å². The normalized spacial score (nSPS) is 12.5. The Labute approximate surface area is 325 Å². The summed E-state index contributed by atoms with van der Waals surface area (Å²) in [6.07, 6.45) is 45.6. The second kappa shape index (κ2) is 44.0. The number of rotatable bonds is 42. The quantitative estimate of drug-likeness (QED) is 0.0500. The van der Waals surface area contributed by atoms with Gasteiger partial charge in [0.1, 0.15) is 6.61 Å². The van der Waals surface area contributed by atoms with Crippen molar-refractivity contribution in [3.05, 3.63) is 24.3 Å². The van der Waals surface area contributed by atoms with E-state index in [1.807, 2.05) is 0 Å². The number of ether oxygens (including phenoxy) is 3. The highest BCUT2D eigenvalue weighted by Gasteiger charge is 2.13. The summed E-state index contributed by atoms with van der Waals surface area (Å²) in [5.41, 5.74) is 0. The second-order valence-corrected chi connectivity index (χ2v) is 15.0. The van der Waals surface area contributed by atoms with Crippen LogP contribution in [0, 0.1) is 0 Å². The molecule has 6 heteroatoms. The molecule has 1 N–H and O–H groups in total. The summed E-state index contributed by atoms with van der Waals surface area (Å²) in [6.45, 7) is 14.3. The molecule has 0 heterocycles. The number of carbonyl (C=O) groups is 1. The van der Waals surface area contributed by atoms with Gasteiger partial charge in [0.2, 0.25) is 0 Å². The molecule has 0 aromatic rings. The Kier molecular flexibility index (Phi) is 42.9. The van der Waals surface area contributed by atoms with Crippen LogP contribution in [0.5, 0.6) is 0 Å². The average Bonchev–Trinajstić information content (AvgIpc) is 3.15. The van der Waals surface area contributed by atoms with Crippen LogP contribution in [0.1, 0.15) is 207 Å². The van der Waals surface area contributed by atoms with Crippen molar-refractivity contribution in [2.24, 2.45) is 0 Å². The second-order valence-electron chi connectivity index (χ2n) is 15.0. The van der Waals surface area contributed by atoms with Gasteiger partial charge in [0.05, 0.1) is 12.7 Å². The number of hydrogen-bond donors (Lipinski definition) is 1. The number of amides is 1. The molecule has 6 nitrogen and oxygen atoms in total. The number of nitrogens with zero attached hydrogens (tertiary/aromatic N) is 1. The van der Waals surface area contributed by atoms with Crippen LogP contribution in [0.15, 0.2) is 24.3 Å². The third kappa shape index (κ3) is 39.8. The summed E-state index contributed by atoms with van der Waals surface area (Å²) >= 11 is 0. The van der Waals surface area contributed by atoms with Gasteiger partial charge in [-0.1, -0.05) is 168 Å². The van der Waals surface area contributed by atoms with E-state index in [0.717, 1.165) is 39.1 Å². The Hall–Kier alpha value is -1.37. The molecule has 0 saturated heterocycles. The molecule has 0 spiro atoms. The number of alkyl carbamates (subject to hydrolysis) is 1. The van der Waals surface area contributed by atoms with Gasteiger partial charge in [-0.25, -0.2) is 4.79 Å². The van der Waals surface area contributed by atoms with Crippen molar-refractivity contribution in [3.8, 4) is 0 Å². The first-order valence-corrected chi connectivity index (χ1v) is 22.8. The van der Waals surface area contributed by atoms with Crippen molar-refractivity contribution in [3.63, 3.8) is 0 Å². The lowest BCUT2D eigenvalue weighted by molar-refractivity contribution is -0.0175. The average molecular weight is 735 g/mol. The third-order valence-electron chi connectivity index (χ3n) is 10.1. The molecule has 0 aromatic heterocycles. The lowest BCUT2D eigenvalue weighted by Crippen LogP contribution is -2.38. The fourth-order valence-electron chi connectivity index (χ4n) is 6.49. The van der Waals surface area contributed by atoms with E-state index in [4.69, 9.17) is 14.2 Å². The van der Waals surface area contributed by atoms with E-state index in [1.165, 1.54) is 167 Å². The van der Waals surface area contributed by atoms with Crippen LogP contribution in [0.2, 0.25) is 0 Å². The number of unbranched alkanes of at least 4 members (excludes halogenated alkanes) is 24. The van der Waals surface area contributed by atoms with Gasteiger partial charge in [0, 0.05) is 26.3 Å². The molecule has 1 atom stereocenters. The van der Waals surface area contributed by atoms with Crippen molar-refractivity contribution >= 4 is 6.09 Å². The first kappa shape index (κ1) is 50.6. The predicted octanol–water partition coefficient (Wildman–Crippen LogP) is 13.5. The molecule has 0 rings (SSSR count). The summed E-state index contributed by atoms with van der Waals surface area (Å²) in [5.74, 6) is 0. The molecule has 0 aliphatic rings. The first-order valence-electron chi connectivity index (χ1n) is 22.8.